The minimum atomic E-state index is -0.586. The molecule has 2 aromatic carbocycles. The van der Waals surface area contributed by atoms with Crippen LogP contribution in [-0.4, -0.2) is 10.8 Å². The fraction of sp³-hybridized carbons (Fsp3) is 0.0476. The Hall–Kier alpha value is -3.41. The molecule has 0 unspecified atom stereocenters. The first-order chi connectivity index (χ1) is 14.3. The van der Waals surface area contributed by atoms with Crippen LogP contribution >= 0.6 is 27.5 Å². The molecule has 3 rings (SSSR count). The van der Waals surface area contributed by atoms with Crippen molar-refractivity contribution in [1.29, 1.82) is 5.26 Å². The number of hydrogen-bond donors (Lipinski definition) is 1. The monoisotopic (exact) mass is 485 g/mol. The van der Waals surface area contributed by atoms with Crippen LogP contribution in [0.2, 0.25) is 5.02 Å². The molecule has 0 atom stereocenters. The quantitative estimate of drug-likeness (QED) is 0.202. The van der Waals surface area contributed by atoms with E-state index in [9.17, 15) is 20.2 Å². The maximum Gasteiger partial charge on any atom is 0.270 e. The van der Waals surface area contributed by atoms with Crippen molar-refractivity contribution in [3.63, 3.8) is 0 Å². The number of carbonyl (C=O) groups is 1. The van der Waals surface area contributed by atoms with Gasteiger partial charge in [0.1, 0.15) is 23.2 Å². The Morgan fingerprint density at radius 2 is 2.03 bits per heavy atom. The molecule has 3 aromatic rings. The average Bonchev–Trinajstić information content (AvgIpc) is 3.16. The molecule has 0 radical (unpaired) electrons. The molecular weight excluding hydrogens is 474 g/mol. The van der Waals surface area contributed by atoms with E-state index in [0.717, 1.165) is 5.56 Å². The topological polar surface area (TPSA) is 109 Å². The van der Waals surface area contributed by atoms with Crippen LogP contribution in [-0.2, 0) is 4.79 Å². The van der Waals surface area contributed by atoms with E-state index in [2.05, 4.69) is 21.2 Å². The number of nitro benzene ring substituents is 1. The van der Waals surface area contributed by atoms with E-state index in [1.807, 2.05) is 6.07 Å². The third kappa shape index (κ3) is 4.76. The van der Waals surface area contributed by atoms with Crippen molar-refractivity contribution in [3.05, 3.63) is 85.0 Å². The van der Waals surface area contributed by atoms with E-state index in [1.165, 1.54) is 18.2 Å². The van der Waals surface area contributed by atoms with Gasteiger partial charge in [0.05, 0.1) is 4.92 Å². The Morgan fingerprint density at radius 1 is 1.27 bits per heavy atom. The van der Waals surface area contributed by atoms with Gasteiger partial charge >= 0.3 is 0 Å². The molecule has 30 heavy (non-hydrogen) atoms. The highest BCUT2D eigenvalue weighted by Gasteiger charge is 2.15. The number of furan rings is 1. The number of non-ortho nitro benzene ring substituents is 1. The summed E-state index contributed by atoms with van der Waals surface area (Å²) in [5, 5.41) is 23.5. The van der Waals surface area contributed by atoms with Crippen LogP contribution in [0.4, 0.5) is 11.4 Å². The lowest BCUT2D eigenvalue weighted by molar-refractivity contribution is -0.384. The zero-order valence-electron chi connectivity index (χ0n) is 15.5. The number of halogens is 2. The number of nitro groups is 1. The largest absolute Gasteiger partial charge is 0.457 e. The van der Waals surface area contributed by atoms with Gasteiger partial charge in [-0.2, -0.15) is 5.26 Å². The van der Waals surface area contributed by atoms with Crippen molar-refractivity contribution in [2.24, 2.45) is 0 Å². The molecule has 1 amide bonds. The van der Waals surface area contributed by atoms with E-state index in [-0.39, 0.29) is 17.0 Å². The predicted octanol–water partition coefficient (Wildman–Crippen LogP) is 6.12. The Bertz CT molecular complexity index is 1230. The van der Waals surface area contributed by atoms with Gasteiger partial charge in [-0.15, -0.1) is 0 Å². The van der Waals surface area contributed by atoms with E-state index in [0.29, 0.717) is 26.5 Å². The number of rotatable bonds is 5. The molecular formula is C21H13BrClN3O4. The Balaban J connectivity index is 1.84. The van der Waals surface area contributed by atoms with Crippen LogP contribution in [0.25, 0.3) is 17.4 Å². The maximum atomic E-state index is 12.5. The van der Waals surface area contributed by atoms with Crippen molar-refractivity contribution in [1.82, 2.24) is 0 Å². The van der Waals surface area contributed by atoms with E-state index in [1.54, 1.807) is 43.3 Å². The zero-order valence-corrected chi connectivity index (χ0v) is 17.8. The molecule has 0 saturated heterocycles. The lowest BCUT2D eigenvalue weighted by Crippen LogP contribution is -2.14. The van der Waals surface area contributed by atoms with Crippen molar-refractivity contribution in [3.8, 4) is 17.4 Å². The van der Waals surface area contributed by atoms with Gasteiger partial charge in [0.15, 0.2) is 0 Å². The summed E-state index contributed by atoms with van der Waals surface area (Å²) in [6.45, 7) is 1.79. The summed E-state index contributed by atoms with van der Waals surface area (Å²) in [6, 6.07) is 14.4. The molecule has 7 nitrogen and oxygen atoms in total. The van der Waals surface area contributed by atoms with Gasteiger partial charge in [0, 0.05) is 39.0 Å². The minimum absolute atomic E-state index is 0.0572. The van der Waals surface area contributed by atoms with Crippen LogP contribution in [0.1, 0.15) is 11.3 Å². The number of anilines is 1. The Kier molecular flexibility index (Phi) is 6.35. The van der Waals surface area contributed by atoms with Crippen LogP contribution in [0.5, 0.6) is 0 Å². The summed E-state index contributed by atoms with van der Waals surface area (Å²) in [7, 11) is 0. The first-order valence-electron chi connectivity index (χ1n) is 8.52. The Labute approximate surface area is 184 Å². The van der Waals surface area contributed by atoms with Crippen molar-refractivity contribution >= 4 is 50.9 Å². The van der Waals surface area contributed by atoms with Gasteiger partial charge in [-0.1, -0.05) is 11.6 Å². The molecule has 0 bridgehead atoms. The zero-order chi connectivity index (χ0) is 21.8. The maximum absolute atomic E-state index is 12.5. The highest BCUT2D eigenvalue weighted by atomic mass is 79.9. The molecule has 0 aliphatic heterocycles. The van der Waals surface area contributed by atoms with Crippen LogP contribution in [0, 0.1) is 28.4 Å². The van der Waals surface area contributed by atoms with E-state index < -0.39 is 10.8 Å². The summed E-state index contributed by atoms with van der Waals surface area (Å²) in [6.07, 6.45) is 1.32. The van der Waals surface area contributed by atoms with Gasteiger partial charge < -0.3 is 9.73 Å². The van der Waals surface area contributed by atoms with E-state index in [4.69, 9.17) is 16.0 Å². The summed E-state index contributed by atoms with van der Waals surface area (Å²) < 4.78 is 6.18. The molecule has 0 fully saturated rings. The van der Waals surface area contributed by atoms with E-state index >= 15 is 0 Å². The van der Waals surface area contributed by atoms with Gasteiger partial charge in [0.25, 0.3) is 11.6 Å². The van der Waals surface area contributed by atoms with Gasteiger partial charge in [-0.25, -0.2) is 0 Å². The van der Waals surface area contributed by atoms with Crippen LogP contribution in [0.15, 0.2) is 63.0 Å². The number of amides is 1. The molecule has 0 aliphatic carbocycles. The second-order valence-corrected chi connectivity index (χ2v) is 7.50. The SMILES string of the molecule is Cc1cc(Cl)ccc1NC(=O)/C(C#N)=C/c1ccc(-c2ccc([N+](=O)[O-])cc2Br)o1. The van der Waals surface area contributed by atoms with Gasteiger partial charge in [-0.05, 0) is 64.8 Å². The number of hydrogen-bond acceptors (Lipinski definition) is 5. The average molecular weight is 487 g/mol. The van der Waals surface area contributed by atoms with Crippen molar-refractivity contribution in [2.45, 2.75) is 6.92 Å². The molecule has 1 aromatic heterocycles. The summed E-state index contributed by atoms with van der Waals surface area (Å²) in [5.41, 5.74) is 1.70. The minimum Gasteiger partial charge on any atom is -0.457 e. The van der Waals surface area contributed by atoms with Gasteiger partial charge in [-0.3, -0.25) is 14.9 Å². The van der Waals surface area contributed by atoms with Crippen LogP contribution in [0.3, 0.4) is 0 Å². The Morgan fingerprint density at radius 3 is 2.67 bits per heavy atom. The lowest BCUT2D eigenvalue weighted by Gasteiger charge is -2.07. The molecule has 0 spiro atoms. The third-order valence-corrected chi connectivity index (χ3v) is 5.04. The third-order valence-electron chi connectivity index (χ3n) is 4.14. The smallest absolute Gasteiger partial charge is 0.270 e. The molecule has 150 valence electrons. The highest BCUT2D eigenvalue weighted by Crippen LogP contribution is 2.33. The molecule has 0 saturated carbocycles. The molecule has 1 heterocycles. The number of nitrogens with zero attached hydrogens (tertiary/aromatic N) is 2. The molecule has 1 N–H and O–H groups in total. The predicted molar refractivity (Wildman–Crippen MR) is 117 cm³/mol. The first kappa shape index (κ1) is 21.3. The van der Waals surface area contributed by atoms with Crippen LogP contribution < -0.4 is 5.32 Å². The molecule has 9 heteroatoms. The summed E-state index contributed by atoms with van der Waals surface area (Å²) in [5.74, 6) is 0.126. The highest BCUT2D eigenvalue weighted by molar-refractivity contribution is 9.10. The summed E-state index contributed by atoms with van der Waals surface area (Å²) in [4.78, 5) is 22.8. The second-order valence-electron chi connectivity index (χ2n) is 6.21. The van der Waals surface area contributed by atoms with Gasteiger partial charge in [0.2, 0.25) is 0 Å². The summed E-state index contributed by atoms with van der Waals surface area (Å²) >= 11 is 9.21. The lowest BCUT2D eigenvalue weighted by atomic mass is 10.1. The number of carbonyl (C=O) groups excluding carboxylic acids is 1. The molecule has 0 aliphatic rings. The fourth-order valence-electron chi connectivity index (χ4n) is 2.64. The number of nitriles is 1. The fourth-order valence-corrected chi connectivity index (χ4v) is 3.43. The normalized spacial score (nSPS) is 11.1. The number of nitrogens with one attached hydrogen (secondary N) is 1. The second kappa shape index (κ2) is 8.95. The van der Waals surface area contributed by atoms with Crippen molar-refractivity contribution < 1.29 is 14.1 Å². The first-order valence-corrected chi connectivity index (χ1v) is 9.69. The standard InChI is InChI=1S/C21H13BrClN3O4/c1-12-8-14(23)2-6-19(12)25-21(27)13(11-24)9-16-4-7-20(30-16)17-5-3-15(26(28)29)10-18(17)22/h2-10H,1H3,(H,25,27)/b13-9+. The number of benzene rings is 2. The number of aryl methyl sites for hydroxylation is 1. The van der Waals surface area contributed by atoms with Crippen molar-refractivity contribution in [2.75, 3.05) is 5.32 Å².